The van der Waals surface area contributed by atoms with Gasteiger partial charge in [-0.1, -0.05) is 6.07 Å². The number of benzene rings is 1. The van der Waals surface area contributed by atoms with Crippen molar-refractivity contribution in [2.75, 3.05) is 11.5 Å². The van der Waals surface area contributed by atoms with Gasteiger partial charge in [-0.25, -0.2) is 0 Å². The number of anilines is 2. The largest absolute Gasteiger partial charge is 0.481 e. The van der Waals surface area contributed by atoms with Crippen molar-refractivity contribution in [3.63, 3.8) is 0 Å². The zero-order valence-electron chi connectivity index (χ0n) is 7.37. The molecule has 0 radical (unpaired) electrons. The van der Waals surface area contributed by atoms with Gasteiger partial charge in [0.15, 0.2) is 0 Å². The highest BCUT2D eigenvalue weighted by Crippen LogP contribution is 2.21. The quantitative estimate of drug-likeness (QED) is 0.587. The normalized spacial score (nSPS) is 9.92. The minimum absolute atomic E-state index is 0.0225. The van der Waals surface area contributed by atoms with Gasteiger partial charge in [-0.3, -0.25) is 4.79 Å². The fraction of sp³-hybridized carbons (Fsp3) is 0.222. The summed E-state index contributed by atoms with van der Waals surface area (Å²) in [4.78, 5) is 10.4. The van der Waals surface area contributed by atoms with Crippen LogP contribution in [0.15, 0.2) is 12.1 Å². The smallest absolute Gasteiger partial charge is 0.307 e. The average molecular weight is 180 g/mol. The van der Waals surface area contributed by atoms with Crippen LogP contribution in [0.5, 0.6) is 0 Å². The van der Waals surface area contributed by atoms with Crippen LogP contribution < -0.4 is 11.5 Å². The Morgan fingerprint density at radius 1 is 1.46 bits per heavy atom. The SMILES string of the molecule is Cc1cc(CC(=O)O)cc(N)c1N. The first-order valence-electron chi connectivity index (χ1n) is 3.87. The van der Waals surface area contributed by atoms with Crippen molar-refractivity contribution in [2.45, 2.75) is 13.3 Å². The van der Waals surface area contributed by atoms with E-state index in [2.05, 4.69) is 0 Å². The first-order valence-corrected chi connectivity index (χ1v) is 3.87. The van der Waals surface area contributed by atoms with E-state index in [-0.39, 0.29) is 6.42 Å². The van der Waals surface area contributed by atoms with E-state index < -0.39 is 5.97 Å². The van der Waals surface area contributed by atoms with Crippen LogP contribution >= 0.6 is 0 Å². The van der Waals surface area contributed by atoms with Crippen LogP contribution in [0.4, 0.5) is 11.4 Å². The van der Waals surface area contributed by atoms with Crippen LogP contribution in [0, 0.1) is 6.92 Å². The molecule has 0 aliphatic rings. The van der Waals surface area contributed by atoms with E-state index in [4.69, 9.17) is 16.6 Å². The van der Waals surface area contributed by atoms with Crippen LogP contribution in [0.1, 0.15) is 11.1 Å². The maximum absolute atomic E-state index is 10.4. The van der Waals surface area contributed by atoms with Gasteiger partial charge in [-0.15, -0.1) is 0 Å². The van der Waals surface area contributed by atoms with Gasteiger partial charge in [0.05, 0.1) is 17.8 Å². The third-order valence-electron chi connectivity index (χ3n) is 1.83. The van der Waals surface area contributed by atoms with E-state index in [9.17, 15) is 4.79 Å². The second-order valence-corrected chi connectivity index (χ2v) is 2.99. The summed E-state index contributed by atoms with van der Waals surface area (Å²) < 4.78 is 0. The number of nitrogens with two attached hydrogens (primary N) is 2. The number of hydrogen-bond acceptors (Lipinski definition) is 3. The van der Waals surface area contributed by atoms with Crippen LogP contribution in [0.25, 0.3) is 0 Å². The third-order valence-corrected chi connectivity index (χ3v) is 1.83. The summed E-state index contributed by atoms with van der Waals surface area (Å²) in [6.45, 7) is 1.80. The maximum Gasteiger partial charge on any atom is 0.307 e. The van der Waals surface area contributed by atoms with Crippen molar-refractivity contribution in [1.29, 1.82) is 0 Å². The van der Waals surface area contributed by atoms with Crippen molar-refractivity contribution in [3.8, 4) is 0 Å². The molecule has 1 aromatic rings. The Bertz CT molecular complexity index is 324. The van der Waals surface area contributed by atoms with Gasteiger partial charge < -0.3 is 16.6 Å². The number of aryl methyl sites for hydroxylation is 1. The fourth-order valence-corrected chi connectivity index (χ4v) is 1.18. The predicted octanol–water partition coefficient (Wildman–Crippen LogP) is 0.787. The summed E-state index contributed by atoms with van der Waals surface area (Å²) in [5.41, 5.74) is 13.6. The zero-order chi connectivity index (χ0) is 10.0. The van der Waals surface area contributed by atoms with Crippen molar-refractivity contribution in [1.82, 2.24) is 0 Å². The first-order chi connectivity index (χ1) is 6.00. The summed E-state index contributed by atoms with van der Waals surface area (Å²) in [5.74, 6) is -0.872. The fourth-order valence-electron chi connectivity index (χ4n) is 1.18. The molecule has 5 N–H and O–H groups in total. The number of rotatable bonds is 2. The van der Waals surface area contributed by atoms with Crippen LogP contribution in [-0.2, 0) is 11.2 Å². The van der Waals surface area contributed by atoms with Gasteiger partial charge >= 0.3 is 5.97 Å². The second-order valence-electron chi connectivity index (χ2n) is 2.99. The molecule has 0 aliphatic heterocycles. The lowest BCUT2D eigenvalue weighted by Crippen LogP contribution is -2.04. The summed E-state index contributed by atoms with van der Waals surface area (Å²) in [5, 5.41) is 8.55. The molecule has 13 heavy (non-hydrogen) atoms. The first kappa shape index (κ1) is 9.38. The van der Waals surface area contributed by atoms with E-state index in [1.807, 2.05) is 0 Å². The number of hydrogen-bond donors (Lipinski definition) is 3. The molecule has 0 aliphatic carbocycles. The Hall–Kier alpha value is -1.71. The van der Waals surface area contributed by atoms with E-state index in [0.29, 0.717) is 16.9 Å². The highest BCUT2D eigenvalue weighted by molar-refractivity contribution is 5.74. The highest BCUT2D eigenvalue weighted by Gasteiger charge is 2.05. The van der Waals surface area contributed by atoms with E-state index in [1.54, 1.807) is 19.1 Å². The van der Waals surface area contributed by atoms with Gasteiger partial charge in [0.2, 0.25) is 0 Å². The van der Waals surface area contributed by atoms with Crippen molar-refractivity contribution >= 4 is 17.3 Å². The Kier molecular flexibility index (Phi) is 2.41. The molecule has 70 valence electrons. The topological polar surface area (TPSA) is 89.3 Å². The standard InChI is InChI=1S/C9H12N2O2/c1-5-2-6(4-8(12)13)3-7(10)9(5)11/h2-3H,4,10-11H2,1H3,(H,12,13). The molecule has 0 atom stereocenters. The summed E-state index contributed by atoms with van der Waals surface area (Å²) >= 11 is 0. The Morgan fingerprint density at radius 3 is 2.54 bits per heavy atom. The molecule has 1 rings (SSSR count). The zero-order valence-corrected chi connectivity index (χ0v) is 7.37. The third kappa shape index (κ3) is 2.11. The molecule has 4 nitrogen and oxygen atoms in total. The average Bonchev–Trinajstić information content (AvgIpc) is 1.98. The molecule has 0 saturated heterocycles. The Labute approximate surface area is 76.2 Å². The molecule has 4 heteroatoms. The number of nitrogen functional groups attached to an aromatic ring is 2. The predicted molar refractivity (Wildman–Crippen MR) is 51.3 cm³/mol. The lowest BCUT2D eigenvalue weighted by molar-refractivity contribution is -0.136. The molecule has 0 saturated carbocycles. The minimum Gasteiger partial charge on any atom is -0.481 e. The van der Waals surface area contributed by atoms with Crippen LogP contribution in [-0.4, -0.2) is 11.1 Å². The molecule has 1 aromatic carbocycles. The van der Waals surface area contributed by atoms with Gasteiger partial charge in [-0.2, -0.15) is 0 Å². The molecule has 0 aromatic heterocycles. The summed E-state index contributed by atoms with van der Waals surface area (Å²) in [6, 6.07) is 3.33. The van der Waals surface area contributed by atoms with Crippen molar-refractivity contribution in [2.24, 2.45) is 0 Å². The van der Waals surface area contributed by atoms with Crippen molar-refractivity contribution in [3.05, 3.63) is 23.3 Å². The molecule has 0 bridgehead atoms. The lowest BCUT2D eigenvalue weighted by Gasteiger charge is -2.06. The molecule has 0 spiro atoms. The molecular formula is C9H12N2O2. The number of carboxylic acids is 1. The van der Waals surface area contributed by atoms with E-state index in [1.165, 1.54) is 0 Å². The van der Waals surface area contributed by atoms with Gasteiger partial charge in [0.25, 0.3) is 0 Å². The Morgan fingerprint density at radius 2 is 2.08 bits per heavy atom. The number of carboxylic acid groups (broad SMARTS) is 1. The minimum atomic E-state index is -0.872. The second kappa shape index (κ2) is 3.35. The maximum atomic E-state index is 10.4. The van der Waals surface area contributed by atoms with Gasteiger partial charge in [0, 0.05) is 0 Å². The molecule has 0 amide bonds. The van der Waals surface area contributed by atoms with Gasteiger partial charge in [0.1, 0.15) is 0 Å². The lowest BCUT2D eigenvalue weighted by atomic mass is 10.1. The number of aliphatic carboxylic acids is 1. The van der Waals surface area contributed by atoms with E-state index >= 15 is 0 Å². The molecule has 0 unspecified atom stereocenters. The molecule has 0 fully saturated rings. The highest BCUT2D eigenvalue weighted by atomic mass is 16.4. The monoisotopic (exact) mass is 180 g/mol. The van der Waals surface area contributed by atoms with E-state index in [0.717, 1.165) is 5.56 Å². The Balaban J connectivity index is 3.06. The van der Waals surface area contributed by atoms with Crippen LogP contribution in [0.2, 0.25) is 0 Å². The van der Waals surface area contributed by atoms with Gasteiger partial charge in [-0.05, 0) is 24.1 Å². The summed E-state index contributed by atoms with van der Waals surface area (Å²) in [7, 11) is 0. The number of carbonyl (C=O) groups is 1. The molecular weight excluding hydrogens is 168 g/mol. The van der Waals surface area contributed by atoms with Crippen LogP contribution in [0.3, 0.4) is 0 Å². The molecule has 0 heterocycles. The van der Waals surface area contributed by atoms with Crippen molar-refractivity contribution < 1.29 is 9.90 Å². The summed E-state index contributed by atoms with van der Waals surface area (Å²) in [6.07, 6.45) is -0.0225.